The number of aliphatic carboxylic acids is 1. The minimum Gasteiger partial charge on any atom is -0.480 e. The predicted molar refractivity (Wildman–Crippen MR) is 60.6 cm³/mol. The molecule has 1 aromatic heterocycles. The molecule has 4 nitrogen and oxygen atoms in total. The standard InChI is InChI=1S/C12H11NO3/c1-8-6-9-4-2-3-5-10(9)12(16)13(8)7-11(14)15/h2-6H,7H2,1H3,(H,14,15). The number of pyridine rings is 1. The molecule has 0 amide bonds. The van der Waals surface area contributed by atoms with E-state index in [9.17, 15) is 9.59 Å². The maximum Gasteiger partial charge on any atom is 0.323 e. The molecule has 0 aliphatic carbocycles. The first kappa shape index (κ1) is 10.4. The minimum atomic E-state index is -1.01. The van der Waals surface area contributed by atoms with Crippen molar-refractivity contribution in [2.75, 3.05) is 0 Å². The number of fused-ring (bicyclic) bond motifs is 1. The first-order valence-corrected chi connectivity index (χ1v) is 4.90. The molecule has 16 heavy (non-hydrogen) atoms. The lowest BCUT2D eigenvalue weighted by Gasteiger charge is -2.08. The topological polar surface area (TPSA) is 59.3 Å². The number of carboxylic acid groups (broad SMARTS) is 1. The molecule has 0 saturated heterocycles. The lowest BCUT2D eigenvalue weighted by Crippen LogP contribution is -2.26. The van der Waals surface area contributed by atoms with Crippen molar-refractivity contribution < 1.29 is 9.90 Å². The lowest BCUT2D eigenvalue weighted by atomic mass is 10.1. The van der Waals surface area contributed by atoms with Gasteiger partial charge in [-0.15, -0.1) is 0 Å². The highest BCUT2D eigenvalue weighted by Gasteiger charge is 2.08. The molecule has 2 aromatic rings. The Hall–Kier alpha value is -2.10. The number of hydrogen-bond acceptors (Lipinski definition) is 2. The number of carbonyl (C=O) groups is 1. The van der Waals surface area contributed by atoms with Crippen molar-refractivity contribution in [3.8, 4) is 0 Å². The molecule has 1 aromatic carbocycles. The van der Waals surface area contributed by atoms with E-state index in [2.05, 4.69) is 0 Å². The minimum absolute atomic E-state index is 0.252. The van der Waals surface area contributed by atoms with E-state index in [1.165, 1.54) is 4.57 Å². The Labute approximate surface area is 91.8 Å². The van der Waals surface area contributed by atoms with E-state index in [1.807, 2.05) is 18.2 Å². The van der Waals surface area contributed by atoms with Crippen LogP contribution in [0.1, 0.15) is 5.69 Å². The molecule has 0 fully saturated rings. The van der Waals surface area contributed by atoms with Gasteiger partial charge in [0.15, 0.2) is 0 Å². The maximum absolute atomic E-state index is 12.0. The molecule has 4 heteroatoms. The van der Waals surface area contributed by atoms with Gasteiger partial charge in [-0.3, -0.25) is 9.59 Å². The highest BCUT2D eigenvalue weighted by Crippen LogP contribution is 2.11. The highest BCUT2D eigenvalue weighted by atomic mass is 16.4. The summed E-state index contributed by atoms with van der Waals surface area (Å²) >= 11 is 0. The van der Waals surface area contributed by atoms with E-state index in [-0.39, 0.29) is 12.1 Å². The van der Waals surface area contributed by atoms with Crippen molar-refractivity contribution in [2.24, 2.45) is 0 Å². The van der Waals surface area contributed by atoms with Crippen molar-refractivity contribution in [3.63, 3.8) is 0 Å². The molecule has 1 heterocycles. The normalized spacial score (nSPS) is 10.6. The second-order valence-electron chi connectivity index (χ2n) is 3.66. The summed E-state index contributed by atoms with van der Waals surface area (Å²) in [7, 11) is 0. The van der Waals surface area contributed by atoms with Crippen LogP contribution in [0.15, 0.2) is 35.1 Å². The number of aryl methyl sites for hydroxylation is 1. The van der Waals surface area contributed by atoms with Gasteiger partial charge in [0, 0.05) is 11.1 Å². The van der Waals surface area contributed by atoms with Crippen molar-refractivity contribution in [1.82, 2.24) is 4.57 Å². The molecular weight excluding hydrogens is 206 g/mol. The third-order valence-corrected chi connectivity index (χ3v) is 2.52. The van der Waals surface area contributed by atoms with E-state index in [4.69, 9.17) is 5.11 Å². The van der Waals surface area contributed by atoms with Crippen LogP contribution in [0.4, 0.5) is 0 Å². The van der Waals surface area contributed by atoms with Crippen LogP contribution in [0.25, 0.3) is 10.8 Å². The average molecular weight is 217 g/mol. The third kappa shape index (κ3) is 1.69. The second kappa shape index (κ2) is 3.81. The first-order chi connectivity index (χ1) is 7.59. The van der Waals surface area contributed by atoms with Crippen LogP contribution in [-0.4, -0.2) is 15.6 Å². The lowest BCUT2D eigenvalue weighted by molar-refractivity contribution is -0.137. The van der Waals surface area contributed by atoms with Gasteiger partial charge < -0.3 is 9.67 Å². The molecule has 1 N–H and O–H groups in total. The van der Waals surface area contributed by atoms with Gasteiger partial charge in [0.1, 0.15) is 6.54 Å². The summed E-state index contributed by atoms with van der Waals surface area (Å²) < 4.78 is 1.27. The van der Waals surface area contributed by atoms with E-state index >= 15 is 0 Å². The number of benzene rings is 1. The molecule has 0 unspecified atom stereocenters. The monoisotopic (exact) mass is 217 g/mol. The smallest absolute Gasteiger partial charge is 0.323 e. The van der Waals surface area contributed by atoms with Gasteiger partial charge in [0.2, 0.25) is 0 Å². The zero-order valence-corrected chi connectivity index (χ0v) is 8.80. The fourth-order valence-electron chi connectivity index (χ4n) is 1.76. The molecule has 0 atom stereocenters. The Bertz CT molecular complexity index is 613. The summed E-state index contributed by atoms with van der Waals surface area (Å²) in [4.78, 5) is 22.6. The molecule has 82 valence electrons. The van der Waals surface area contributed by atoms with E-state index in [0.717, 1.165) is 5.39 Å². The van der Waals surface area contributed by atoms with Crippen LogP contribution < -0.4 is 5.56 Å². The quantitative estimate of drug-likeness (QED) is 0.827. The number of carboxylic acids is 1. The summed E-state index contributed by atoms with van der Waals surface area (Å²) in [5, 5.41) is 10.1. The summed E-state index contributed by atoms with van der Waals surface area (Å²) in [6, 6.07) is 8.98. The number of rotatable bonds is 2. The Morgan fingerprint density at radius 2 is 2.06 bits per heavy atom. The van der Waals surface area contributed by atoms with Crippen LogP contribution in [-0.2, 0) is 11.3 Å². The fraction of sp³-hybridized carbons (Fsp3) is 0.167. The van der Waals surface area contributed by atoms with E-state index in [1.54, 1.807) is 19.1 Å². The SMILES string of the molecule is Cc1cc2ccccc2c(=O)n1CC(=O)O. The zero-order chi connectivity index (χ0) is 11.7. The van der Waals surface area contributed by atoms with Crippen LogP contribution in [0.2, 0.25) is 0 Å². The summed E-state index contributed by atoms with van der Waals surface area (Å²) in [5.74, 6) is -1.01. The maximum atomic E-state index is 12.0. The molecule has 0 aliphatic rings. The van der Waals surface area contributed by atoms with Crippen molar-refractivity contribution in [2.45, 2.75) is 13.5 Å². The molecule has 0 bridgehead atoms. The Morgan fingerprint density at radius 1 is 1.38 bits per heavy atom. The van der Waals surface area contributed by atoms with Gasteiger partial charge in [-0.2, -0.15) is 0 Å². The third-order valence-electron chi connectivity index (χ3n) is 2.52. The summed E-state index contributed by atoms with van der Waals surface area (Å²) in [6.07, 6.45) is 0. The second-order valence-corrected chi connectivity index (χ2v) is 3.66. The number of aromatic nitrogens is 1. The molecule has 0 saturated carbocycles. The Balaban J connectivity index is 2.76. The molecular formula is C12H11NO3. The van der Waals surface area contributed by atoms with Gasteiger partial charge >= 0.3 is 5.97 Å². The van der Waals surface area contributed by atoms with Gasteiger partial charge in [-0.25, -0.2) is 0 Å². The van der Waals surface area contributed by atoms with Crippen LogP contribution in [0.3, 0.4) is 0 Å². The Kier molecular flexibility index (Phi) is 2.48. The zero-order valence-electron chi connectivity index (χ0n) is 8.80. The van der Waals surface area contributed by atoms with E-state index < -0.39 is 5.97 Å². The van der Waals surface area contributed by atoms with Crippen LogP contribution in [0.5, 0.6) is 0 Å². The van der Waals surface area contributed by atoms with Crippen molar-refractivity contribution >= 4 is 16.7 Å². The van der Waals surface area contributed by atoms with Gasteiger partial charge in [0.05, 0.1) is 0 Å². The highest BCUT2D eigenvalue weighted by molar-refractivity contribution is 5.82. The van der Waals surface area contributed by atoms with Crippen molar-refractivity contribution in [1.29, 1.82) is 0 Å². The number of hydrogen-bond donors (Lipinski definition) is 1. The molecule has 0 radical (unpaired) electrons. The largest absolute Gasteiger partial charge is 0.480 e. The van der Waals surface area contributed by atoms with Gasteiger partial charge in [-0.1, -0.05) is 18.2 Å². The molecule has 2 rings (SSSR count). The Morgan fingerprint density at radius 3 is 2.75 bits per heavy atom. The van der Waals surface area contributed by atoms with E-state index in [0.29, 0.717) is 11.1 Å². The number of nitrogens with zero attached hydrogens (tertiary/aromatic N) is 1. The van der Waals surface area contributed by atoms with Crippen LogP contribution >= 0.6 is 0 Å². The molecule has 0 spiro atoms. The first-order valence-electron chi connectivity index (χ1n) is 4.90. The average Bonchev–Trinajstić information content (AvgIpc) is 2.24. The van der Waals surface area contributed by atoms with Gasteiger partial charge in [0.25, 0.3) is 5.56 Å². The van der Waals surface area contributed by atoms with Crippen molar-refractivity contribution in [3.05, 3.63) is 46.4 Å². The van der Waals surface area contributed by atoms with Gasteiger partial charge in [-0.05, 0) is 24.4 Å². The predicted octanol–water partition coefficient (Wildman–Crippen LogP) is 1.39. The summed E-state index contributed by atoms with van der Waals surface area (Å²) in [5.41, 5.74) is 0.407. The van der Waals surface area contributed by atoms with Crippen LogP contribution in [0, 0.1) is 6.92 Å². The summed E-state index contributed by atoms with van der Waals surface area (Å²) in [6.45, 7) is 1.44. The molecule has 0 aliphatic heterocycles. The fourth-order valence-corrected chi connectivity index (χ4v) is 1.76.